The lowest BCUT2D eigenvalue weighted by Crippen LogP contribution is -2.38. The molecule has 1 saturated heterocycles. The third-order valence-electron chi connectivity index (χ3n) is 5.01. The fourth-order valence-corrected chi connectivity index (χ4v) is 3.22. The summed E-state index contributed by atoms with van der Waals surface area (Å²) < 4.78 is 21.4. The first kappa shape index (κ1) is 26.8. The van der Waals surface area contributed by atoms with Crippen molar-refractivity contribution in [3.8, 4) is 0 Å². The van der Waals surface area contributed by atoms with E-state index in [0.29, 0.717) is 46.0 Å². The lowest BCUT2D eigenvalue weighted by molar-refractivity contribution is -0.127. The Hall–Kier alpha value is -1.26. The number of likely N-dealkylation sites (tertiary alicyclic amines) is 1. The molecule has 2 N–H and O–H groups in total. The molecule has 0 atom stereocenters. The van der Waals surface area contributed by atoms with Crippen LogP contribution in [0.3, 0.4) is 0 Å². The zero-order valence-corrected chi connectivity index (χ0v) is 18.8. The molecule has 0 aliphatic carbocycles. The molecule has 0 aromatic carbocycles. The van der Waals surface area contributed by atoms with Gasteiger partial charge in [0.1, 0.15) is 6.61 Å². The molecular weight excluding hydrogens is 390 g/mol. The molecule has 0 bridgehead atoms. The maximum atomic E-state index is 11.6. The van der Waals surface area contributed by atoms with Crippen LogP contribution in [0.25, 0.3) is 0 Å². The van der Waals surface area contributed by atoms with Crippen LogP contribution in [0.1, 0.15) is 38.5 Å². The Morgan fingerprint density at radius 3 is 2.43 bits per heavy atom. The Morgan fingerprint density at radius 2 is 1.70 bits per heavy atom. The van der Waals surface area contributed by atoms with Crippen LogP contribution in [0.2, 0.25) is 0 Å². The van der Waals surface area contributed by atoms with Crippen molar-refractivity contribution in [1.82, 2.24) is 15.5 Å². The normalized spacial score (nSPS) is 15.3. The highest BCUT2D eigenvalue weighted by Crippen LogP contribution is 2.14. The van der Waals surface area contributed by atoms with E-state index in [1.165, 1.54) is 0 Å². The topological polar surface area (TPSA) is 98.4 Å². The Labute approximate surface area is 181 Å². The summed E-state index contributed by atoms with van der Waals surface area (Å²) in [7, 11) is 3.30. The second-order valence-corrected chi connectivity index (χ2v) is 7.40. The van der Waals surface area contributed by atoms with E-state index in [1.54, 1.807) is 14.2 Å². The average molecular weight is 432 g/mol. The highest BCUT2D eigenvalue weighted by molar-refractivity contribution is 5.77. The number of hydrogen-bond acceptors (Lipinski definition) is 7. The lowest BCUT2D eigenvalue weighted by atomic mass is 10.1. The van der Waals surface area contributed by atoms with Crippen molar-refractivity contribution in [3.63, 3.8) is 0 Å². The van der Waals surface area contributed by atoms with Gasteiger partial charge in [0, 0.05) is 40.2 Å². The molecule has 0 saturated carbocycles. The van der Waals surface area contributed by atoms with Gasteiger partial charge in [0.15, 0.2) is 0 Å². The second-order valence-electron chi connectivity index (χ2n) is 7.40. The SMILES string of the molecule is CNC(=O)CCCCCN1CCC(OCCOCC(=O)NCCOCCOC)CC1. The molecule has 0 aromatic heterocycles. The predicted molar refractivity (Wildman–Crippen MR) is 114 cm³/mol. The largest absolute Gasteiger partial charge is 0.382 e. The Bertz CT molecular complexity index is 444. The molecule has 1 rings (SSSR count). The van der Waals surface area contributed by atoms with E-state index in [0.717, 1.165) is 51.7 Å². The molecule has 0 unspecified atom stereocenters. The van der Waals surface area contributed by atoms with Crippen molar-refractivity contribution >= 4 is 11.8 Å². The average Bonchev–Trinajstić information content (AvgIpc) is 2.76. The highest BCUT2D eigenvalue weighted by atomic mass is 16.5. The second kappa shape index (κ2) is 18.5. The maximum absolute atomic E-state index is 11.6. The van der Waals surface area contributed by atoms with E-state index in [-0.39, 0.29) is 24.5 Å². The first-order valence-corrected chi connectivity index (χ1v) is 11.1. The molecule has 9 heteroatoms. The number of carbonyl (C=O) groups excluding carboxylic acids is 2. The summed E-state index contributed by atoms with van der Waals surface area (Å²) >= 11 is 0. The van der Waals surface area contributed by atoms with E-state index in [9.17, 15) is 9.59 Å². The molecule has 30 heavy (non-hydrogen) atoms. The maximum Gasteiger partial charge on any atom is 0.246 e. The standard InChI is InChI=1S/C21H41N3O6/c1-22-20(25)6-4-3-5-10-24-11-7-19(8-12-24)30-17-16-29-18-21(26)23-9-13-28-15-14-27-2/h19H,3-18H2,1-2H3,(H,22,25)(H,23,26). The van der Waals surface area contributed by atoms with Crippen LogP contribution < -0.4 is 10.6 Å². The number of rotatable bonds is 18. The summed E-state index contributed by atoms with van der Waals surface area (Å²) in [6.45, 7) is 6.18. The molecule has 1 heterocycles. The molecule has 2 amide bonds. The van der Waals surface area contributed by atoms with E-state index in [4.69, 9.17) is 18.9 Å². The van der Waals surface area contributed by atoms with Crippen LogP contribution in [0, 0.1) is 0 Å². The van der Waals surface area contributed by atoms with Gasteiger partial charge in [0.2, 0.25) is 11.8 Å². The molecule has 0 radical (unpaired) electrons. The number of hydrogen-bond donors (Lipinski definition) is 2. The number of carbonyl (C=O) groups is 2. The lowest BCUT2D eigenvalue weighted by Gasteiger charge is -2.31. The van der Waals surface area contributed by atoms with Gasteiger partial charge in [-0.1, -0.05) is 6.42 Å². The molecular formula is C21H41N3O6. The monoisotopic (exact) mass is 431 g/mol. The number of amides is 2. The van der Waals surface area contributed by atoms with Crippen molar-refractivity contribution in [2.75, 3.05) is 80.0 Å². The fraction of sp³-hybridized carbons (Fsp3) is 0.905. The minimum Gasteiger partial charge on any atom is -0.382 e. The minimum absolute atomic E-state index is 0.0415. The Balaban J connectivity index is 1.89. The predicted octanol–water partition coefficient (Wildman–Crippen LogP) is 0.570. The smallest absolute Gasteiger partial charge is 0.246 e. The van der Waals surface area contributed by atoms with Crippen molar-refractivity contribution in [1.29, 1.82) is 0 Å². The van der Waals surface area contributed by atoms with Gasteiger partial charge in [-0.2, -0.15) is 0 Å². The molecule has 9 nitrogen and oxygen atoms in total. The van der Waals surface area contributed by atoms with Crippen molar-refractivity contribution < 1.29 is 28.5 Å². The van der Waals surface area contributed by atoms with Crippen LogP contribution in [0.15, 0.2) is 0 Å². The van der Waals surface area contributed by atoms with Gasteiger partial charge in [-0.15, -0.1) is 0 Å². The van der Waals surface area contributed by atoms with E-state index in [2.05, 4.69) is 15.5 Å². The summed E-state index contributed by atoms with van der Waals surface area (Å²) in [5, 5.41) is 5.40. The summed E-state index contributed by atoms with van der Waals surface area (Å²) in [5.41, 5.74) is 0. The van der Waals surface area contributed by atoms with Gasteiger partial charge in [-0.05, 0) is 32.2 Å². The van der Waals surface area contributed by atoms with Crippen molar-refractivity contribution in [2.24, 2.45) is 0 Å². The van der Waals surface area contributed by atoms with Gasteiger partial charge in [-0.3, -0.25) is 9.59 Å². The number of methoxy groups -OCH3 is 1. The summed E-state index contributed by atoms with van der Waals surface area (Å²) in [6.07, 6.45) is 6.15. The quantitative estimate of drug-likeness (QED) is 0.306. The van der Waals surface area contributed by atoms with Crippen LogP contribution in [-0.2, 0) is 28.5 Å². The third kappa shape index (κ3) is 14.7. The van der Waals surface area contributed by atoms with Gasteiger partial charge in [0.05, 0.1) is 39.1 Å². The summed E-state index contributed by atoms with van der Waals surface area (Å²) in [6, 6.07) is 0. The fourth-order valence-electron chi connectivity index (χ4n) is 3.22. The molecule has 1 fully saturated rings. The number of unbranched alkanes of at least 4 members (excludes halogenated alkanes) is 2. The summed E-state index contributed by atoms with van der Waals surface area (Å²) in [4.78, 5) is 25.3. The number of piperidine rings is 1. The first-order valence-electron chi connectivity index (χ1n) is 11.1. The minimum atomic E-state index is -0.144. The number of nitrogens with one attached hydrogen (secondary N) is 2. The molecule has 176 valence electrons. The number of nitrogens with zero attached hydrogens (tertiary/aromatic N) is 1. The van der Waals surface area contributed by atoms with E-state index >= 15 is 0 Å². The van der Waals surface area contributed by atoms with Gasteiger partial charge >= 0.3 is 0 Å². The first-order chi connectivity index (χ1) is 14.7. The summed E-state index contributed by atoms with van der Waals surface area (Å²) in [5.74, 6) is -0.0186. The van der Waals surface area contributed by atoms with Crippen molar-refractivity contribution in [3.05, 3.63) is 0 Å². The zero-order valence-electron chi connectivity index (χ0n) is 18.8. The van der Waals surface area contributed by atoms with Crippen LogP contribution in [0.4, 0.5) is 0 Å². The van der Waals surface area contributed by atoms with Gasteiger partial charge in [-0.25, -0.2) is 0 Å². The van der Waals surface area contributed by atoms with Crippen molar-refractivity contribution in [2.45, 2.75) is 44.6 Å². The molecule has 1 aliphatic rings. The molecule has 0 aromatic rings. The van der Waals surface area contributed by atoms with Gasteiger partial charge < -0.3 is 34.5 Å². The molecule has 1 aliphatic heterocycles. The Morgan fingerprint density at radius 1 is 0.933 bits per heavy atom. The molecule has 0 spiro atoms. The highest BCUT2D eigenvalue weighted by Gasteiger charge is 2.19. The van der Waals surface area contributed by atoms with E-state index < -0.39 is 0 Å². The zero-order chi connectivity index (χ0) is 21.9. The third-order valence-corrected chi connectivity index (χ3v) is 5.01. The van der Waals surface area contributed by atoms with Crippen LogP contribution in [-0.4, -0.2) is 103 Å². The van der Waals surface area contributed by atoms with Crippen LogP contribution in [0.5, 0.6) is 0 Å². The van der Waals surface area contributed by atoms with Crippen LogP contribution >= 0.6 is 0 Å². The van der Waals surface area contributed by atoms with Gasteiger partial charge in [0.25, 0.3) is 0 Å². The number of ether oxygens (including phenoxy) is 4. The Kier molecular flexibility index (Phi) is 16.5. The van der Waals surface area contributed by atoms with E-state index in [1.807, 2.05) is 0 Å².